The minimum Gasteiger partial charge on any atom is -0.387 e. The number of hydrogen-bond donors (Lipinski definition) is 7. The predicted octanol–water partition coefficient (Wildman–Crippen LogP) is -2.12. The molecule has 0 aromatic heterocycles. The Kier molecular flexibility index (Phi) is 6.51. The number of phosphoric acid groups is 1. The Morgan fingerprint density at radius 3 is 1.95 bits per heavy atom. The Balaban J connectivity index is 2.68. The summed E-state index contributed by atoms with van der Waals surface area (Å²) in [6, 6.07) is 0. The normalized spacial score (nSPS) is 32.9. The van der Waals surface area contributed by atoms with Gasteiger partial charge in [0.25, 0.3) is 0 Å². The SMILES string of the molecule is O=P(O)(O)CP(=O)(O)OC1OC(COP(=O)(O)O)C(O)C1O. The van der Waals surface area contributed by atoms with E-state index in [9.17, 15) is 28.8 Å². The zero-order valence-corrected chi connectivity index (χ0v) is 13.3. The van der Waals surface area contributed by atoms with Gasteiger partial charge in [-0.1, -0.05) is 0 Å². The van der Waals surface area contributed by atoms with Crippen molar-refractivity contribution in [2.75, 3.05) is 12.5 Å². The second-order valence-electron chi connectivity index (χ2n) is 4.36. The molecule has 0 aromatic carbocycles. The largest absolute Gasteiger partial charge is 0.469 e. The molecule has 5 atom stereocenters. The van der Waals surface area contributed by atoms with Crippen LogP contribution in [0.2, 0.25) is 0 Å². The summed E-state index contributed by atoms with van der Waals surface area (Å²) >= 11 is 0. The van der Waals surface area contributed by atoms with Gasteiger partial charge in [-0.3, -0.25) is 18.2 Å². The molecule has 1 rings (SSSR count). The Morgan fingerprint density at radius 1 is 0.955 bits per heavy atom. The summed E-state index contributed by atoms with van der Waals surface area (Å²) in [7, 11) is -14.6. The van der Waals surface area contributed by atoms with Crippen LogP contribution in [-0.4, -0.2) is 71.8 Å². The predicted molar refractivity (Wildman–Crippen MR) is 66.5 cm³/mol. The molecule has 0 radical (unpaired) electrons. The van der Waals surface area contributed by atoms with E-state index in [4.69, 9.17) is 24.3 Å². The van der Waals surface area contributed by atoms with E-state index in [-0.39, 0.29) is 0 Å². The lowest BCUT2D eigenvalue weighted by molar-refractivity contribution is -0.119. The van der Waals surface area contributed by atoms with E-state index in [1.54, 1.807) is 0 Å². The third kappa shape index (κ3) is 6.81. The molecule has 16 heteroatoms. The minimum atomic E-state index is -4.89. The first-order valence-electron chi connectivity index (χ1n) is 5.47. The first-order valence-corrected chi connectivity index (χ1v) is 10.6. The van der Waals surface area contributed by atoms with Crippen LogP contribution in [0.1, 0.15) is 0 Å². The van der Waals surface area contributed by atoms with Crippen molar-refractivity contribution in [1.29, 1.82) is 0 Å². The molecule has 0 saturated carbocycles. The number of aliphatic hydroxyl groups is 2. The van der Waals surface area contributed by atoms with E-state index in [0.29, 0.717) is 0 Å². The number of rotatable bonds is 7. The molecule has 1 aliphatic heterocycles. The summed E-state index contributed by atoms with van der Waals surface area (Å²) < 4.78 is 45.8. The van der Waals surface area contributed by atoms with Crippen LogP contribution in [0.3, 0.4) is 0 Å². The van der Waals surface area contributed by atoms with Gasteiger partial charge in [-0.2, -0.15) is 0 Å². The van der Waals surface area contributed by atoms with Crippen molar-refractivity contribution in [3.05, 3.63) is 0 Å². The molecule has 1 heterocycles. The van der Waals surface area contributed by atoms with Crippen LogP contribution >= 0.6 is 23.0 Å². The molecule has 7 N–H and O–H groups in total. The van der Waals surface area contributed by atoms with Crippen LogP contribution in [0.15, 0.2) is 0 Å². The summed E-state index contributed by atoms with van der Waals surface area (Å²) in [4.78, 5) is 43.5. The quantitative estimate of drug-likeness (QED) is 0.232. The maximum absolute atomic E-state index is 11.5. The van der Waals surface area contributed by atoms with Crippen molar-refractivity contribution in [3.63, 3.8) is 0 Å². The zero-order valence-electron chi connectivity index (χ0n) is 10.6. The minimum absolute atomic E-state index is 0.864. The van der Waals surface area contributed by atoms with Gasteiger partial charge in [0.15, 0.2) is 12.2 Å². The van der Waals surface area contributed by atoms with Gasteiger partial charge in [0.05, 0.1) is 6.61 Å². The number of phosphoric ester groups is 1. The lowest BCUT2D eigenvalue weighted by atomic mass is 10.1. The maximum atomic E-state index is 11.5. The molecule has 132 valence electrons. The van der Waals surface area contributed by atoms with E-state index in [2.05, 4.69) is 9.05 Å². The van der Waals surface area contributed by atoms with Crippen molar-refractivity contribution in [1.82, 2.24) is 0 Å². The Hall–Kier alpha value is 0.290. The molecule has 0 bridgehead atoms. The topological polar surface area (TPSA) is 221 Å². The molecule has 0 aromatic rings. The van der Waals surface area contributed by atoms with Gasteiger partial charge in [0.2, 0.25) is 0 Å². The average molecular weight is 388 g/mol. The van der Waals surface area contributed by atoms with Gasteiger partial charge in [0.1, 0.15) is 18.3 Å². The van der Waals surface area contributed by atoms with E-state index in [1.165, 1.54) is 0 Å². The van der Waals surface area contributed by atoms with Crippen LogP contribution in [0.25, 0.3) is 0 Å². The summed E-state index contributed by atoms with van der Waals surface area (Å²) in [5, 5.41) is 19.1. The third-order valence-electron chi connectivity index (χ3n) is 2.36. The Bertz CT molecular complexity index is 522. The molecule has 1 aliphatic rings. The second-order valence-corrected chi connectivity index (χ2v) is 9.55. The molecule has 0 spiro atoms. The molecule has 0 aliphatic carbocycles. The fourth-order valence-electron chi connectivity index (χ4n) is 1.54. The van der Waals surface area contributed by atoms with Crippen molar-refractivity contribution in [3.8, 4) is 0 Å². The Labute approximate surface area is 123 Å². The zero-order chi connectivity index (χ0) is 17.3. The van der Waals surface area contributed by atoms with E-state index in [0.717, 1.165) is 0 Å². The molecular formula is C6H15O13P3. The highest BCUT2D eigenvalue weighted by Gasteiger charge is 2.47. The highest BCUT2D eigenvalue weighted by molar-refractivity contribution is 7.70. The Morgan fingerprint density at radius 2 is 1.50 bits per heavy atom. The summed E-state index contributed by atoms with van der Waals surface area (Å²) in [6.45, 7) is -0.864. The first kappa shape index (κ1) is 20.3. The van der Waals surface area contributed by atoms with Gasteiger partial charge in [-0.05, 0) is 0 Å². The van der Waals surface area contributed by atoms with Gasteiger partial charge in [-0.25, -0.2) is 4.57 Å². The second kappa shape index (κ2) is 7.04. The number of hydrogen-bond acceptors (Lipinski definition) is 8. The number of ether oxygens (including phenoxy) is 1. The van der Waals surface area contributed by atoms with Crippen molar-refractivity contribution in [2.24, 2.45) is 0 Å². The van der Waals surface area contributed by atoms with Gasteiger partial charge >= 0.3 is 23.0 Å². The third-order valence-corrected chi connectivity index (χ3v) is 6.28. The van der Waals surface area contributed by atoms with Gasteiger partial charge < -0.3 is 39.4 Å². The smallest absolute Gasteiger partial charge is 0.387 e. The van der Waals surface area contributed by atoms with Gasteiger partial charge in [-0.15, -0.1) is 0 Å². The molecule has 1 saturated heterocycles. The standard InChI is InChI=1S/C6H15O13P3/c7-4-3(1-17-22(14,15)16)18-6(5(4)8)19-21(12,13)2-20(9,10)11/h3-8H,1-2H2,(H,12,13)(H2,9,10,11)(H2,14,15,16). The molecular weight excluding hydrogens is 373 g/mol. The highest BCUT2D eigenvalue weighted by atomic mass is 31.2. The molecule has 13 nitrogen and oxygen atoms in total. The molecule has 0 amide bonds. The lowest BCUT2D eigenvalue weighted by Crippen LogP contribution is -2.34. The first-order chi connectivity index (χ1) is 9.70. The number of aliphatic hydroxyl groups excluding tert-OH is 2. The molecule has 22 heavy (non-hydrogen) atoms. The van der Waals surface area contributed by atoms with E-state index >= 15 is 0 Å². The van der Waals surface area contributed by atoms with Crippen molar-refractivity contribution < 1.29 is 62.2 Å². The monoisotopic (exact) mass is 388 g/mol. The van der Waals surface area contributed by atoms with Gasteiger partial charge in [0, 0.05) is 0 Å². The van der Waals surface area contributed by atoms with Crippen molar-refractivity contribution >= 4 is 23.0 Å². The van der Waals surface area contributed by atoms with Crippen LogP contribution in [0.5, 0.6) is 0 Å². The maximum Gasteiger partial charge on any atom is 0.469 e. The summed E-state index contributed by atoms with van der Waals surface area (Å²) in [6.07, 6.45) is -7.11. The van der Waals surface area contributed by atoms with Crippen LogP contribution < -0.4 is 0 Å². The highest BCUT2D eigenvalue weighted by Crippen LogP contribution is 2.56. The molecule has 5 unspecified atom stereocenters. The summed E-state index contributed by atoms with van der Waals surface area (Å²) in [5.74, 6) is -1.54. The van der Waals surface area contributed by atoms with Crippen molar-refractivity contribution in [2.45, 2.75) is 24.6 Å². The lowest BCUT2D eigenvalue weighted by Gasteiger charge is -2.19. The van der Waals surface area contributed by atoms with Crippen LogP contribution in [0, 0.1) is 0 Å². The van der Waals surface area contributed by atoms with E-state index in [1.807, 2.05) is 0 Å². The van der Waals surface area contributed by atoms with Crippen LogP contribution in [0.4, 0.5) is 0 Å². The van der Waals surface area contributed by atoms with Crippen LogP contribution in [-0.2, 0) is 27.5 Å². The van der Waals surface area contributed by atoms with E-state index < -0.39 is 60.1 Å². The summed E-state index contributed by atoms with van der Waals surface area (Å²) in [5.41, 5.74) is 0. The fourth-order valence-corrected chi connectivity index (χ4v) is 4.51. The fraction of sp³-hybridized carbons (Fsp3) is 1.00. The molecule has 1 fully saturated rings. The average Bonchev–Trinajstić information content (AvgIpc) is 2.49.